The average Bonchev–Trinajstić information content (AvgIpc) is 2.23. The third-order valence-corrected chi connectivity index (χ3v) is 4.24. The first-order valence-corrected chi connectivity index (χ1v) is 6.69. The second-order valence-corrected chi connectivity index (χ2v) is 5.33. The van der Waals surface area contributed by atoms with E-state index in [1.165, 1.54) is 0 Å². The van der Waals surface area contributed by atoms with E-state index in [0.717, 1.165) is 23.5 Å². The molecule has 0 aliphatic carbocycles. The fourth-order valence-electron chi connectivity index (χ4n) is 0.995. The maximum atomic E-state index is 9.43. The van der Waals surface area contributed by atoms with Crippen LogP contribution in [0.25, 0.3) is 0 Å². The second kappa shape index (κ2) is 6.09. The first-order chi connectivity index (χ1) is 7.07. The number of hydrogen-bond donors (Lipinski definition) is 1. The van der Waals surface area contributed by atoms with Crippen LogP contribution in [0.4, 0.5) is 0 Å². The van der Waals surface area contributed by atoms with Gasteiger partial charge in [-0.3, -0.25) is 0 Å². The van der Waals surface area contributed by atoms with Gasteiger partial charge in [0.1, 0.15) is 5.02 Å². The lowest BCUT2D eigenvalue weighted by atomic mass is 10.3. The summed E-state index contributed by atoms with van der Waals surface area (Å²) in [5.41, 5.74) is 0. The number of phenols is 1. The lowest BCUT2D eigenvalue weighted by Gasteiger charge is -2.08. The van der Waals surface area contributed by atoms with Gasteiger partial charge < -0.3 is 5.11 Å². The molecule has 0 saturated carbocycles. The fourth-order valence-corrected chi connectivity index (χ4v) is 2.96. The molecule has 1 aromatic rings. The van der Waals surface area contributed by atoms with Gasteiger partial charge in [0.25, 0.3) is 0 Å². The number of halogens is 3. The smallest absolute Gasteiger partial charge is 0.154 e. The largest absolute Gasteiger partial charge is 0.505 e. The Hall–Kier alpha value is 0.240. The van der Waals surface area contributed by atoms with Crippen LogP contribution in [0.2, 0.25) is 15.1 Å². The Labute approximate surface area is 109 Å². The Balaban J connectivity index is 2.89. The summed E-state index contributed by atoms with van der Waals surface area (Å²) in [5, 5.41) is 10.2. The minimum absolute atomic E-state index is 0.128. The lowest BCUT2D eigenvalue weighted by Crippen LogP contribution is -1.83. The van der Waals surface area contributed by atoms with Crippen molar-refractivity contribution in [2.75, 3.05) is 5.75 Å². The van der Waals surface area contributed by atoms with E-state index >= 15 is 0 Å². The topological polar surface area (TPSA) is 20.2 Å². The number of benzene rings is 1. The van der Waals surface area contributed by atoms with E-state index in [-0.39, 0.29) is 15.8 Å². The van der Waals surface area contributed by atoms with Gasteiger partial charge >= 0.3 is 0 Å². The number of aromatic hydroxyl groups is 1. The molecule has 0 unspecified atom stereocenters. The summed E-state index contributed by atoms with van der Waals surface area (Å²) in [7, 11) is 0. The van der Waals surface area contributed by atoms with Crippen LogP contribution in [0.1, 0.15) is 19.8 Å². The molecule has 0 amide bonds. The summed E-state index contributed by atoms with van der Waals surface area (Å²) >= 11 is 19.2. The van der Waals surface area contributed by atoms with Crippen molar-refractivity contribution in [3.05, 3.63) is 21.1 Å². The molecule has 1 aromatic carbocycles. The van der Waals surface area contributed by atoms with Gasteiger partial charge in [0.05, 0.1) is 10.0 Å². The summed E-state index contributed by atoms with van der Waals surface area (Å²) in [6.45, 7) is 2.12. The zero-order valence-electron chi connectivity index (χ0n) is 8.19. The van der Waals surface area contributed by atoms with Crippen molar-refractivity contribution in [2.45, 2.75) is 24.7 Å². The summed E-state index contributed by atoms with van der Waals surface area (Å²) in [6, 6.07) is 1.64. The predicted octanol–water partition coefficient (Wildman–Crippen LogP) is 5.24. The van der Waals surface area contributed by atoms with Gasteiger partial charge in [0.15, 0.2) is 5.75 Å². The molecule has 0 bridgehead atoms. The summed E-state index contributed by atoms with van der Waals surface area (Å²) in [4.78, 5) is 0.818. The first-order valence-electron chi connectivity index (χ1n) is 4.57. The lowest BCUT2D eigenvalue weighted by molar-refractivity contribution is 0.475. The number of hydrogen-bond acceptors (Lipinski definition) is 2. The van der Waals surface area contributed by atoms with Crippen LogP contribution < -0.4 is 0 Å². The average molecular weight is 286 g/mol. The van der Waals surface area contributed by atoms with Crippen LogP contribution in [-0.2, 0) is 0 Å². The maximum absolute atomic E-state index is 9.43. The van der Waals surface area contributed by atoms with Crippen molar-refractivity contribution in [2.24, 2.45) is 0 Å². The minimum Gasteiger partial charge on any atom is -0.505 e. The van der Waals surface area contributed by atoms with Gasteiger partial charge in [-0.05, 0) is 18.2 Å². The third-order valence-electron chi connectivity index (χ3n) is 1.86. The van der Waals surface area contributed by atoms with E-state index in [4.69, 9.17) is 34.8 Å². The highest BCUT2D eigenvalue weighted by Gasteiger charge is 2.13. The zero-order valence-corrected chi connectivity index (χ0v) is 11.3. The molecule has 0 aromatic heterocycles. The van der Waals surface area contributed by atoms with Gasteiger partial charge in [0.2, 0.25) is 0 Å². The number of rotatable bonds is 4. The van der Waals surface area contributed by atoms with Crippen LogP contribution in [0.15, 0.2) is 11.0 Å². The number of thioether (sulfide) groups is 1. The molecule has 0 atom stereocenters. The molecule has 5 heteroatoms. The Morgan fingerprint density at radius 2 is 1.93 bits per heavy atom. The van der Waals surface area contributed by atoms with Gasteiger partial charge in [-0.1, -0.05) is 48.1 Å². The third kappa shape index (κ3) is 3.35. The molecule has 1 rings (SSSR count). The maximum Gasteiger partial charge on any atom is 0.154 e. The van der Waals surface area contributed by atoms with Crippen molar-refractivity contribution < 1.29 is 5.11 Å². The van der Waals surface area contributed by atoms with E-state index in [1.807, 2.05) is 0 Å². The van der Waals surface area contributed by atoms with E-state index in [9.17, 15) is 5.11 Å². The molecule has 84 valence electrons. The molecule has 0 spiro atoms. The summed E-state index contributed by atoms with van der Waals surface area (Å²) < 4.78 is 0. The number of phenolic OH excluding ortho intramolecular Hbond substituents is 1. The molecular formula is C10H11Cl3OS. The Morgan fingerprint density at radius 3 is 2.53 bits per heavy atom. The molecule has 0 aliphatic rings. The van der Waals surface area contributed by atoms with Crippen molar-refractivity contribution in [1.29, 1.82) is 0 Å². The molecule has 1 nitrogen and oxygen atoms in total. The van der Waals surface area contributed by atoms with E-state index < -0.39 is 0 Å². The van der Waals surface area contributed by atoms with Gasteiger partial charge in [0, 0.05) is 4.90 Å². The zero-order chi connectivity index (χ0) is 11.4. The van der Waals surface area contributed by atoms with Crippen LogP contribution in [0.3, 0.4) is 0 Å². The Bertz CT molecular complexity index is 355. The SMILES string of the molecule is CCCCSc1cc(Cl)c(O)c(Cl)c1Cl. The second-order valence-electron chi connectivity index (χ2n) is 3.04. The first kappa shape index (κ1) is 13.3. The highest BCUT2D eigenvalue weighted by atomic mass is 35.5. The monoisotopic (exact) mass is 284 g/mol. The molecular weight excluding hydrogens is 275 g/mol. The van der Waals surface area contributed by atoms with Crippen molar-refractivity contribution in [1.82, 2.24) is 0 Å². The summed E-state index contributed by atoms with van der Waals surface area (Å²) in [5.74, 6) is 0.816. The quantitative estimate of drug-likeness (QED) is 0.463. The van der Waals surface area contributed by atoms with Crippen molar-refractivity contribution in [3.63, 3.8) is 0 Å². The Morgan fingerprint density at radius 1 is 1.27 bits per heavy atom. The van der Waals surface area contributed by atoms with Gasteiger partial charge in [-0.25, -0.2) is 0 Å². The van der Waals surface area contributed by atoms with Crippen molar-refractivity contribution in [3.8, 4) is 5.75 Å². The Kier molecular flexibility index (Phi) is 5.41. The van der Waals surface area contributed by atoms with Crippen LogP contribution >= 0.6 is 46.6 Å². The van der Waals surface area contributed by atoms with E-state index in [1.54, 1.807) is 17.8 Å². The molecule has 0 fully saturated rings. The molecule has 0 heterocycles. The van der Waals surface area contributed by atoms with Crippen LogP contribution in [-0.4, -0.2) is 10.9 Å². The van der Waals surface area contributed by atoms with Gasteiger partial charge in [-0.2, -0.15) is 0 Å². The molecule has 15 heavy (non-hydrogen) atoms. The predicted molar refractivity (Wildman–Crippen MR) is 68.8 cm³/mol. The molecule has 0 aliphatic heterocycles. The van der Waals surface area contributed by atoms with E-state index in [2.05, 4.69) is 6.92 Å². The highest BCUT2D eigenvalue weighted by Crippen LogP contribution is 2.43. The highest BCUT2D eigenvalue weighted by molar-refractivity contribution is 7.99. The summed E-state index contributed by atoms with van der Waals surface area (Å²) in [6.07, 6.45) is 2.24. The van der Waals surface area contributed by atoms with Crippen LogP contribution in [0, 0.1) is 0 Å². The molecule has 0 saturated heterocycles. The normalized spacial score (nSPS) is 10.7. The van der Waals surface area contributed by atoms with Gasteiger partial charge in [-0.15, -0.1) is 11.8 Å². The van der Waals surface area contributed by atoms with Crippen LogP contribution in [0.5, 0.6) is 5.75 Å². The van der Waals surface area contributed by atoms with E-state index in [0.29, 0.717) is 5.02 Å². The fraction of sp³-hybridized carbons (Fsp3) is 0.400. The van der Waals surface area contributed by atoms with Crippen molar-refractivity contribution >= 4 is 46.6 Å². The minimum atomic E-state index is -0.150. The standard InChI is InChI=1S/C10H11Cl3OS/c1-2-3-4-15-7-5-6(11)10(14)9(13)8(7)12/h5,14H,2-4H2,1H3. The number of unbranched alkanes of at least 4 members (excludes halogenated alkanes) is 1. The molecule has 0 radical (unpaired) electrons. The molecule has 1 N–H and O–H groups in total.